The molecule has 0 aromatic carbocycles. The largest absolute Gasteiger partial charge is 0.455 e. The quantitative estimate of drug-likeness (QED) is 0.565. The summed E-state index contributed by atoms with van der Waals surface area (Å²) in [5.74, 6) is 0.952. The predicted molar refractivity (Wildman–Crippen MR) is 64.6 cm³/mol. The SMILES string of the molecule is C=CCN(CC=C)C(=O)c1ccc(CCl)o1. The summed E-state index contributed by atoms with van der Waals surface area (Å²) in [4.78, 5) is 13.5. The van der Waals surface area contributed by atoms with Crippen LogP contribution in [0.3, 0.4) is 0 Å². The van der Waals surface area contributed by atoms with Gasteiger partial charge in [-0.3, -0.25) is 4.79 Å². The van der Waals surface area contributed by atoms with Crippen LogP contribution in [0.5, 0.6) is 0 Å². The third kappa shape index (κ3) is 3.00. The van der Waals surface area contributed by atoms with Gasteiger partial charge in [-0.05, 0) is 12.1 Å². The molecule has 1 rings (SSSR count). The van der Waals surface area contributed by atoms with Gasteiger partial charge in [0.1, 0.15) is 5.76 Å². The minimum Gasteiger partial charge on any atom is -0.455 e. The van der Waals surface area contributed by atoms with Crippen LogP contribution in [-0.2, 0) is 5.88 Å². The van der Waals surface area contributed by atoms with E-state index >= 15 is 0 Å². The Bertz CT molecular complexity index is 374. The number of hydrogen-bond acceptors (Lipinski definition) is 2. The molecule has 0 bridgehead atoms. The molecule has 1 aromatic heterocycles. The Morgan fingerprint density at radius 2 is 2.00 bits per heavy atom. The molecule has 0 N–H and O–H groups in total. The Kier molecular flexibility index (Phi) is 4.86. The first-order valence-electron chi connectivity index (χ1n) is 4.88. The second kappa shape index (κ2) is 6.18. The highest BCUT2D eigenvalue weighted by molar-refractivity contribution is 6.16. The van der Waals surface area contributed by atoms with E-state index in [-0.39, 0.29) is 11.8 Å². The van der Waals surface area contributed by atoms with E-state index in [1.165, 1.54) is 0 Å². The first-order chi connectivity index (χ1) is 7.72. The molecule has 16 heavy (non-hydrogen) atoms. The van der Waals surface area contributed by atoms with E-state index in [1.54, 1.807) is 29.2 Å². The summed E-state index contributed by atoms with van der Waals surface area (Å²) < 4.78 is 5.28. The van der Waals surface area contributed by atoms with Gasteiger partial charge in [-0.25, -0.2) is 0 Å². The number of halogens is 1. The Hall–Kier alpha value is -1.48. The predicted octanol–water partition coefficient (Wildman–Crippen LogP) is 2.83. The summed E-state index contributed by atoms with van der Waals surface area (Å²) in [5.41, 5.74) is 0. The molecule has 0 aliphatic heterocycles. The number of nitrogens with zero attached hydrogens (tertiary/aromatic N) is 1. The molecule has 3 nitrogen and oxygen atoms in total. The molecule has 0 saturated carbocycles. The highest BCUT2D eigenvalue weighted by atomic mass is 35.5. The lowest BCUT2D eigenvalue weighted by Gasteiger charge is -2.17. The van der Waals surface area contributed by atoms with Crippen molar-refractivity contribution in [2.45, 2.75) is 5.88 Å². The molecule has 0 unspecified atom stereocenters. The van der Waals surface area contributed by atoms with E-state index in [0.29, 0.717) is 24.6 Å². The number of hydrogen-bond donors (Lipinski definition) is 0. The molecule has 0 aliphatic carbocycles. The van der Waals surface area contributed by atoms with Crippen molar-refractivity contribution in [3.63, 3.8) is 0 Å². The van der Waals surface area contributed by atoms with E-state index in [0.717, 1.165) is 0 Å². The number of carbonyl (C=O) groups excluding carboxylic acids is 1. The van der Waals surface area contributed by atoms with Gasteiger partial charge in [0.05, 0.1) is 5.88 Å². The number of amides is 1. The lowest BCUT2D eigenvalue weighted by Crippen LogP contribution is -2.30. The third-order valence-electron chi connectivity index (χ3n) is 1.99. The highest BCUT2D eigenvalue weighted by Crippen LogP contribution is 2.12. The number of rotatable bonds is 6. The van der Waals surface area contributed by atoms with E-state index in [2.05, 4.69) is 13.2 Å². The zero-order valence-corrected chi connectivity index (χ0v) is 9.74. The van der Waals surface area contributed by atoms with Crippen LogP contribution in [0.2, 0.25) is 0 Å². The average molecular weight is 240 g/mol. The molecule has 0 atom stereocenters. The maximum absolute atomic E-state index is 11.9. The zero-order valence-electron chi connectivity index (χ0n) is 8.99. The summed E-state index contributed by atoms with van der Waals surface area (Å²) in [7, 11) is 0. The van der Waals surface area contributed by atoms with Crippen molar-refractivity contribution in [2.75, 3.05) is 13.1 Å². The van der Waals surface area contributed by atoms with Crippen LogP contribution in [0.25, 0.3) is 0 Å². The fourth-order valence-electron chi connectivity index (χ4n) is 1.27. The van der Waals surface area contributed by atoms with Gasteiger partial charge in [0.2, 0.25) is 0 Å². The molecule has 0 radical (unpaired) electrons. The molecule has 1 aromatic rings. The molecule has 0 saturated heterocycles. The fraction of sp³-hybridized carbons (Fsp3) is 0.250. The second-order valence-corrected chi connectivity index (χ2v) is 3.45. The van der Waals surface area contributed by atoms with Crippen molar-refractivity contribution in [3.8, 4) is 0 Å². The van der Waals surface area contributed by atoms with Gasteiger partial charge in [0, 0.05) is 13.1 Å². The third-order valence-corrected chi connectivity index (χ3v) is 2.25. The van der Waals surface area contributed by atoms with Crippen molar-refractivity contribution < 1.29 is 9.21 Å². The molecule has 0 fully saturated rings. The molecule has 86 valence electrons. The molecular formula is C12H14ClNO2. The number of alkyl halides is 1. The molecule has 0 spiro atoms. The normalized spacial score (nSPS) is 9.81. The minimum absolute atomic E-state index is 0.184. The van der Waals surface area contributed by atoms with E-state index in [1.807, 2.05) is 0 Å². The molecule has 4 heteroatoms. The molecule has 1 heterocycles. The molecule has 0 aliphatic rings. The van der Waals surface area contributed by atoms with Gasteiger partial charge in [0.15, 0.2) is 5.76 Å². The smallest absolute Gasteiger partial charge is 0.290 e. The van der Waals surface area contributed by atoms with Crippen molar-refractivity contribution in [3.05, 3.63) is 49.0 Å². The summed E-state index contributed by atoms with van der Waals surface area (Å²) >= 11 is 5.60. The summed E-state index contributed by atoms with van der Waals surface area (Å²) in [6.07, 6.45) is 3.32. The highest BCUT2D eigenvalue weighted by Gasteiger charge is 2.16. The topological polar surface area (TPSA) is 33.5 Å². The van der Waals surface area contributed by atoms with Crippen LogP contribution in [0, 0.1) is 0 Å². The first-order valence-corrected chi connectivity index (χ1v) is 5.42. The van der Waals surface area contributed by atoms with Gasteiger partial charge >= 0.3 is 0 Å². The van der Waals surface area contributed by atoms with E-state index in [4.69, 9.17) is 16.0 Å². The van der Waals surface area contributed by atoms with Crippen LogP contribution < -0.4 is 0 Å². The van der Waals surface area contributed by atoms with Gasteiger partial charge in [-0.15, -0.1) is 24.8 Å². The zero-order chi connectivity index (χ0) is 12.0. The summed E-state index contributed by atoms with van der Waals surface area (Å²) in [5, 5.41) is 0. The van der Waals surface area contributed by atoms with Gasteiger partial charge in [0.25, 0.3) is 5.91 Å². The summed E-state index contributed by atoms with van der Waals surface area (Å²) in [6, 6.07) is 3.32. The maximum atomic E-state index is 11.9. The van der Waals surface area contributed by atoms with Gasteiger partial charge in [-0.2, -0.15) is 0 Å². The first kappa shape index (κ1) is 12.6. The van der Waals surface area contributed by atoms with Gasteiger partial charge in [-0.1, -0.05) is 12.2 Å². The van der Waals surface area contributed by atoms with Crippen molar-refractivity contribution in [1.29, 1.82) is 0 Å². The lowest BCUT2D eigenvalue weighted by atomic mass is 10.3. The summed E-state index contributed by atoms with van der Waals surface area (Å²) in [6.45, 7) is 8.12. The molecule has 1 amide bonds. The fourth-order valence-corrected chi connectivity index (χ4v) is 1.42. The lowest BCUT2D eigenvalue weighted by molar-refractivity contribution is 0.0758. The Labute approximate surface area is 100.0 Å². The second-order valence-electron chi connectivity index (χ2n) is 3.19. The van der Waals surface area contributed by atoms with Crippen LogP contribution in [0.4, 0.5) is 0 Å². The Morgan fingerprint density at radius 3 is 2.44 bits per heavy atom. The minimum atomic E-state index is -0.184. The Morgan fingerprint density at radius 1 is 1.38 bits per heavy atom. The van der Waals surface area contributed by atoms with E-state index < -0.39 is 0 Å². The van der Waals surface area contributed by atoms with Crippen LogP contribution in [-0.4, -0.2) is 23.9 Å². The van der Waals surface area contributed by atoms with Crippen LogP contribution >= 0.6 is 11.6 Å². The standard InChI is InChI=1S/C12H14ClNO2/c1-3-7-14(8-4-2)12(15)11-6-5-10(9-13)16-11/h3-6H,1-2,7-9H2. The van der Waals surface area contributed by atoms with Crippen molar-refractivity contribution >= 4 is 17.5 Å². The van der Waals surface area contributed by atoms with Gasteiger partial charge < -0.3 is 9.32 Å². The monoisotopic (exact) mass is 239 g/mol. The number of furan rings is 1. The Balaban J connectivity index is 2.80. The van der Waals surface area contributed by atoms with Crippen molar-refractivity contribution in [1.82, 2.24) is 4.90 Å². The van der Waals surface area contributed by atoms with E-state index in [9.17, 15) is 4.79 Å². The molecular weight excluding hydrogens is 226 g/mol. The van der Waals surface area contributed by atoms with Crippen LogP contribution in [0.1, 0.15) is 16.3 Å². The maximum Gasteiger partial charge on any atom is 0.290 e. The van der Waals surface area contributed by atoms with Crippen LogP contribution in [0.15, 0.2) is 41.9 Å². The number of carbonyl (C=O) groups is 1. The van der Waals surface area contributed by atoms with Crippen molar-refractivity contribution in [2.24, 2.45) is 0 Å². The average Bonchev–Trinajstić information content (AvgIpc) is 2.76.